The van der Waals surface area contributed by atoms with Crippen molar-refractivity contribution in [3.8, 4) is 0 Å². The molecule has 0 aromatic heterocycles. The first kappa shape index (κ1) is 11.1. The molecule has 3 fully saturated rings. The zero-order valence-corrected chi connectivity index (χ0v) is 11.3. The van der Waals surface area contributed by atoms with Crippen LogP contribution in [0.3, 0.4) is 0 Å². The van der Waals surface area contributed by atoms with Crippen molar-refractivity contribution < 1.29 is 0 Å². The van der Waals surface area contributed by atoms with Gasteiger partial charge in [-0.15, -0.1) is 0 Å². The summed E-state index contributed by atoms with van der Waals surface area (Å²) in [6.45, 7) is 7.66. The van der Waals surface area contributed by atoms with Gasteiger partial charge in [0.15, 0.2) is 0 Å². The minimum atomic E-state index is 0.728. The fraction of sp³-hybridized carbons (Fsp3) is 1.00. The molecule has 0 saturated heterocycles. The second-order valence-electron chi connectivity index (χ2n) is 7.43. The van der Waals surface area contributed by atoms with Crippen molar-refractivity contribution in [3.05, 3.63) is 0 Å². The largest absolute Gasteiger partial charge is 0.0620 e. The minimum Gasteiger partial charge on any atom is -0.0620 e. The summed E-state index contributed by atoms with van der Waals surface area (Å²) >= 11 is 0. The van der Waals surface area contributed by atoms with Crippen LogP contribution in [0.1, 0.15) is 65.7 Å². The molecule has 3 rings (SSSR count). The van der Waals surface area contributed by atoms with Crippen LogP contribution in [0, 0.1) is 35.0 Å². The van der Waals surface area contributed by atoms with Gasteiger partial charge >= 0.3 is 0 Å². The van der Waals surface area contributed by atoms with Gasteiger partial charge in [0, 0.05) is 0 Å². The Kier molecular flexibility index (Phi) is 2.60. The highest BCUT2D eigenvalue weighted by atomic mass is 14.6. The molecule has 0 radical (unpaired) electrons. The lowest BCUT2D eigenvalue weighted by atomic mass is 9.59. The highest BCUT2D eigenvalue weighted by molar-refractivity contribution is 5.03. The van der Waals surface area contributed by atoms with Crippen LogP contribution in [-0.2, 0) is 0 Å². The van der Waals surface area contributed by atoms with E-state index in [1.165, 1.54) is 32.1 Å². The first-order valence-corrected chi connectivity index (χ1v) is 7.62. The number of hydrogen-bond acceptors (Lipinski definition) is 0. The van der Waals surface area contributed by atoms with Crippen LogP contribution < -0.4 is 0 Å². The van der Waals surface area contributed by atoms with E-state index in [-0.39, 0.29) is 0 Å². The third kappa shape index (κ3) is 1.48. The molecular weight excluding hydrogens is 192 g/mol. The maximum Gasteiger partial charge on any atom is -0.0295 e. The first-order valence-electron chi connectivity index (χ1n) is 7.62. The van der Waals surface area contributed by atoms with Crippen molar-refractivity contribution in [2.24, 2.45) is 35.0 Å². The summed E-state index contributed by atoms with van der Waals surface area (Å²) in [5, 5.41) is 0. The molecule has 0 amide bonds. The molecule has 0 aromatic rings. The zero-order valence-electron chi connectivity index (χ0n) is 11.3. The molecule has 5 atom stereocenters. The Hall–Kier alpha value is 0. The lowest BCUT2D eigenvalue weighted by Gasteiger charge is -2.46. The number of rotatable bonds is 1. The van der Waals surface area contributed by atoms with Crippen molar-refractivity contribution in [2.75, 3.05) is 0 Å². The molecule has 5 unspecified atom stereocenters. The third-order valence-corrected chi connectivity index (χ3v) is 6.79. The van der Waals surface area contributed by atoms with Crippen molar-refractivity contribution in [1.82, 2.24) is 0 Å². The third-order valence-electron chi connectivity index (χ3n) is 6.79. The van der Waals surface area contributed by atoms with Crippen LogP contribution in [0.15, 0.2) is 0 Å². The van der Waals surface area contributed by atoms with Gasteiger partial charge in [0.05, 0.1) is 0 Å². The van der Waals surface area contributed by atoms with Crippen LogP contribution in [-0.4, -0.2) is 0 Å². The van der Waals surface area contributed by atoms with Crippen molar-refractivity contribution in [1.29, 1.82) is 0 Å². The Bertz CT molecular complexity index is 259. The summed E-state index contributed by atoms with van der Waals surface area (Å²) in [5.74, 6) is 5.30. The predicted octanol–water partition coefficient (Wildman–Crippen LogP) is 4.89. The Morgan fingerprint density at radius 2 is 1.56 bits per heavy atom. The molecule has 16 heavy (non-hydrogen) atoms. The maximum absolute atomic E-state index is 2.62. The van der Waals surface area contributed by atoms with Gasteiger partial charge in [0.25, 0.3) is 0 Å². The highest BCUT2D eigenvalue weighted by Crippen LogP contribution is 2.62. The Labute approximate surface area is 101 Å². The maximum atomic E-state index is 2.62. The summed E-state index contributed by atoms with van der Waals surface area (Å²) in [6.07, 6.45) is 10.7. The van der Waals surface area contributed by atoms with Gasteiger partial charge < -0.3 is 0 Å². The molecule has 0 spiro atoms. The molecule has 3 aliphatic carbocycles. The summed E-state index contributed by atoms with van der Waals surface area (Å²) in [4.78, 5) is 0. The normalized spacial score (nSPS) is 50.8. The van der Waals surface area contributed by atoms with Gasteiger partial charge in [0.1, 0.15) is 0 Å². The molecule has 92 valence electrons. The lowest BCUT2D eigenvalue weighted by Crippen LogP contribution is -2.37. The van der Waals surface area contributed by atoms with Gasteiger partial charge in [-0.25, -0.2) is 0 Å². The Morgan fingerprint density at radius 1 is 0.875 bits per heavy atom. The quantitative estimate of drug-likeness (QED) is 0.590. The Balaban J connectivity index is 1.77. The predicted molar refractivity (Wildman–Crippen MR) is 69.2 cm³/mol. The summed E-state index contributed by atoms with van der Waals surface area (Å²) in [6, 6.07) is 0. The molecule has 0 aromatic carbocycles. The average Bonchev–Trinajstić information content (AvgIpc) is 2.82. The molecule has 3 saturated carbocycles. The van der Waals surface area contributed by atoms with Gasteiger partial charge in [-0.3, -0.25) is 0 Å². The molecular formula is C16H28. The van der Waals surface area contributed by atoms with E-state index in [1.807, 2.05) is 0 Å². The van der Waals surface area contributed by atoms with Crippen LogP contribution in [0.25, 0.3) is 0 Å². The van der Waals surface area contributed by atoms with Crippen molar-refractivity contribution in [3.63, 3.8) is 0 Å². The van der Waals surface area contributed by atoms with E-state index < -0.39 is 0 Å². The van der Waals surface area contributed by atoms with E-state index in [0.29, 0.717) is 0 Å². The molecule has 3 aliphatic rings. The molecule has 0 heterocycles. The smallest absolute Gasteiger partial charge is 0.0295 e. The monoisotopic (exact) mass is 220 g/mol. The lowest BCUT2D eigenvalue weighted by molar-refractivity contribution is 0.0390. The van der Waals surface area contributed by atoms with E-state index in [9.17, 15) is 0 Å². The van der Waals surface area contributed by atoms with Crippen molar-refractivity contribution in [2.45, 2.75) is 65.7 Å². The fourth-order valence-electron chi connectivity index (χ4n) is 5.47. The molecule has 2 bridgehead atoms. The van der Waals surface area contributed by atoms with E-state index >= 15 is 0 Å². The topological polar surface area (TPSA) is 0 Å². The minimum absolute atomic E-state index is 0.728. The molecule has 0 N–H and O–H groups in total. The summed E-state index contributed by atoms with van der Waals surface area (Å²) < 4.78 is 0. The van der Waals surface area contributed by atoms with E-state index in [4.69, 9.17) is 0 Å². The summed E-state index contributed by atoms with van der Waals surface area (Å²) in [5.41, 5.74) is 0.728. The van der Waals surface area contributed by atoms with Crippen LogP contribution >= 0.6 is 0 Å². The number of hydrogen-bond donors (Lipinski definition) is 0. The van der Waals surface area contributed by atoms with E-state index in [1.54, 1.807) is 12.8 Å². The second kappa shape index (κ2) is 3.75. The Morgan fingerprint density at radius 3 is 2.12 bits per heavy atom. The van der Waals surface area contributed by atoms with Gasteiger partial charge in [0.2, 0.25) is 0 Å². The molecule has 0 heteroatoms. The van der Waals surface area contributed by atoms with Crippen LogP contribution in [0.5, 0.6) is 0 Å². The second-order valence-corrected chi connectivity index (χ2v) is 7.43. The molecule has 0 aliphatic heterocycles. The fourth-order valence-corrected chi connectivity index (χ4v) is 5.47. The zero-order chi connectivity index (χ0) is 11.3. The van der Waals surface area contributed by atoms with Gasteiger partial charge in [-0.1, -0.05) is 40.0 Å². The summed E-state index contributed by atoms with van der Waals surface area (Å²) in [7, 11) is 0. The first-order chi connectivity index (χ1) is 7.62. The number of fused-ring (bicyclic) bond motifs is 2. The SMILES string of the molecule is CC1C2CC(C1C)C(C1(C)CCCCC1)C2. The van der Waals surface area contributed by atoms with Gasteiger partial charge in [-0.2, -0.15) is 0 Å². The average molecular weight is 220 g/mol. The molecule has 0 nitrogen and oxygen atoms in total. The van der Waals surface area contributed by atoms with Gasteiger partial charge in [-0.05, 0) is 60.7 Å². The van der Waals surface area contributed by atoms with E-state index in [2.05, 4.69) is 20.8 Å². The van der Waals surface area contributed by atoms with Crippen LogP contribution in [0.4, 0.5) is 0 Å². The standard InChI is InChI=1S/C16H28/c1-11-12(2)14-9-13(11)10-15(14)16(3)7-5-4-6-8-16/h11-15H,4-10H2,1-3H3. The van der Waals surface area contributed by atoms with Crippen LogP contribution in [0.2, 0.25) is 0 Å². The highest BCUT2D eigenvalue weighted by Gasteiger charge is 2.53. The van der Waals surface area contributed by atoms with Crippen molar-refractivity contribution >= 4 is 0 Å². The van der Waals surface area contributed by atoms with E-state index in [0.717, 1.165) is 35.0 Å².